The molecule has 0 amide bonds. The Kier molecular flexibility index (Phi) is 5.37. The molecule has 0 fully saturated rings. The van der Waals surface area contributed by atoms with Crippen molar-refractivity contribution in [3.63, 3.8) is 0 Å². The third-order valence-electron chi connectivity index (χ3n) is 3.78. The Morgan fingerprint density at radius 3 is 2.50 bits per heavy atom. The van der Waals surface area contributed by atoms with Crippen LogP contribution in [0, 0.1) is 10.8 Å². The number of hydrogen-bond acceptors (Lipinski definition) is 4. The molecule has 0 aromatic carbocycles. The van der Waals surface area contributed by atoms with E-state index in [2.05, 4.69) is 4.74 Å². The predicted molar refractivity (Wildman–Crippen MR) is 77.5 cm³/mol. The quantitative estimate of drug-likeness (QED) is 0.569. The van der Waals surface area contributed by atoms with Crippen molar-refractivity contribution in [1.82, 2.24) is 0 Å². The Labute approximate surface area is 121 Å². The molecule has 4 nitrogen and oxygen atoms in total. The Morgan fingerprint density at radius 1 is 1.30 bits per heavy atom. The van der Waals surface area contributed by atoms with E-state index in [1.807, 2.05) is 39.8 Å². The number of ether oxygens (including phenoxy) is 2. The molecule has 0 bridgehead atoms. The maximum absolute atomic E-state index is 12.6. The summed E-state index contributed by atoms with van der Waals surface area (Å²) in [7, 11) is 1.30. The van der Waals surface area contributed by atoms with Crippen molar-refractivity contribution in [2.24, 2.45) is 10.8 Å². The second-order valence-electron chi connectivity index (χ2n) is 6.77. The molecule has 1 aliphatic rings. The number of ketones is 1. The van der Waals surface area contributed by atoms with E-state index in [1.54, 1.807) is 0 Å². The fraction of sp³-hybridized carbons (Fsp3) is 0.750. The summed E-state index contributed by atoms with van der Waals surface area (Å²) in [6, 6.07) is 0. The molecular weight excluding hydrogens is 256 g/mol. The fourth-order valence-electron chi connectivity index (χ4n) is 2.75. The van der Waals surface area contributed by atoms with Crippen LogP contribution in [0.2, 0.25) is 0 Å². The molecular formula is C16H26O4. The van der Waals surface area contributed by atoms with Crippen molar-refractivity contribution in [3.8, 4) is 0 Å². The van der Waals surface area contributed by atoms with Gasteiger partial charge in [-0.05, 0) is 31.8 Å². The van der Waals surface area contributed by atoms with E-state index in [-0.39, 0.29) is 16.9 Å². The average molecular weight is 282 g/mol. The highest BCUT2D eigenvalue weighted by Gasteiger charge is 2.39. The molecule has 0 unspecified atom stereocenters. The van der Waals surface area contributed by atoms with Gasteiger partial charge in [0.05, 0.1) is 7.11 Å². The van der Waals surface area contributed by atoms with Crippen LogP contribution in [0.3, 0.4) is 0 Å². The topological polar surface area (TPSA) is 52.6 Å². The summed E-state index contributed by atoms with van der Waals surface area (Å²) in [5, 5.41) is 0. The molecule has 0 saturated heterocycles. The number of methoxy groups -OCH3 is 1. The summed E-state index contributed by atoms with van der Waals surface area (Å²) in [5.74, 6) is 0.294. The summed E-state index contributed by atoms with van der Waals surface area (Å²) >= 11 is 0. The smallest absolute Gasteiger partial charge is 0.438 e. The van der Waals surface area contributed by atoms with Crippen LogP contribution in [0.4, 0.5) is 4.79 Å². The Bertz CT molecular complexity index is 392. The predicted octanol–water partition coefficient (Wildman–Crippen LogP) is 3.89. The number of carbonyl (C=O) groups excluding carboxylic acids is 2. The van der Waals surface area contributed by atoms with E-state index in [0.717, 1.165) is 19.3 Å². The van der Waals surface area contributed by atoms with Crippen LogP contribution >= 0.6 is 0 Å². The van der Waals surface area contributed by atoms with Crippen molar-refractivity contribution in [2.75, 3.05) is 7.11 Å². The van der Waals surface area contributed by atoms with Gasteiger partial charge in [-0.15, -0.1) is 0 Å². The first-order valence-electron chi connectivity index (χ1n) is 7.15. The van der Waals surface area contributed by atoms with E-state index >= 15 is 0 Å². The molecule has 0 aromatic rings. The van der Waals surface area contributed by atoms with E-state index in [4.69, 9.17) is 4.74 Å². The van der Waals surface area contributed by atoms with Gasteiger partial charge in [0, 0.05) is 10.8 Å². The molecule has 0 radical (unpaired) electrons. The van der Waals surface area contributed by atoms with Crippen LogP contribution in [0.25, 0.3) is 0 Å². The van der Waals surface area contributed by atoms with Gasteiger partial charge in [0.15, 0.2) is 0 Å². The molecule has 0 spiro atoms. The molecule has 2 atom stereocenters. The van der Waals surface area contributed by atoms with Crippen LogP contribution in [-0.2, 0) is 14.3 Å². The van der Waals surface area contributed by atoms with Crippen LogP contribution in [0.5, 0.6) is 0 Å². The highest BCUT2D eigenvalue weighted by atomic mass is 16.7. The highest BCUT2D eigenvalue weighted by Crippen LogP contribution is 2.38. The molecule has 0 aromatic heterocycles. The number of hydrogen-bond donors (Lipinski definition) is 0. The summed E-state index contributed by atoms with van der Waals surface area (Å²) in [6.07, 6.45) is 5.98. The maximum Gasteiger partial charge on any atom is 0.508 e. The Hall–Kier alpha value is -1.32. The van der Waals surface area contributed by atoms with Gasteiger partial charge >= 0.3 is 6.16 Å². The largest absolute Gasteiger partial charge is 0.508 e. The number of Topliss-reactive ketones (excluding diaryl/α,β-unsaturated/α-hetero) is 1. The third kappa shape index (κ3) is 4.36. The first-order chi connectivity index (χ1) is 9.19. The van der Waals surface area contributed by atoms with E-state index in [1.165, 1.54) is 7.11 Å². The lowest BCUT2D eigenvalue weighted by molar-refractivity contribution is -0.136. The maximum atomic E-state index is 12.6. The summed E-state index contributed by atoms with van der Waals surface area (Å²) in [6.45, 7) is 7.93. The van der Waals surface area contributed by atoms with Crippen molar-refractivity contribution in [3.05, 3.63) is 12.2 Å². The van der Waals surface area contributed by atoms with Gasteiger partial charge in [-0.2, -0.15) is 0 Å². The molecule has 1 aliphatic carbocycles. The van der Waals surface area contributed by atoms with Crippen molar-refractivity contribution in [1.29, 1.82) is 0 Å². The van der Waals surface area contributed by atoms with Crippen LogP contribution < -0.4 is 0 Å². The lowest BCUT2D eigenvalue weighted by Gasteiger charge is -2.34. The summed E-state index contributed by atoms with van der Waals surface area (Å²) < 4.78 is 9.64. The van der Waals surface area contributed by atoms with Crippen LogP contribution in [0.15, 0.2) is 12.2 Å². The molecule has 0 aliphatic heterocycles. The van der Waals surface area contributed by atoms with Gasteiger partial charge in [-0.1, -0.05) is 33.8 Å². The van der Waals surface area contributed by atoms with Crippen molar-refractivity contribution in [2.45, 2.75) is 59.5 Å². The molecule has 0 heterocycles. The lowest BCUT2D eigenvalue weighted by atomic mass is 9.68. The molecule has 20 heavy (non-hydrogen) atoms. The minimum atomic E-state index is -0.659. The average Bonchev–Trinajstić information content (AvgIpc) is 2.33. The van der Waals surface area contributed by atoms with Crippen molar-refractivity contribution >= 4 is 11.9 Å². The minimum absolute atomic E-state index is 0.253. The summed E-state index contributed by atoms with van der Waals surface area (Å²) in [4.78, 5) is 23.7. The van der Waals surface area contributed by atoms with Crippen molar-refractivity contribution < 1.29 is 19.1 Å². The zero-order valence-electron chi connectivity index (χ0n) is 13.2. The number of rotatable bonds is 2. The Balaban J connectivity index is 2.74. The first-order valence-corrected chi connectivity index (χ1v) is 7.15. The Morgan fingerprint density at radius 2 is 1.95 bits per heavy atom. The molecule has 114 valence electrons. The third-order valence-corrected chi connectivity index (χ3v) is 3.78. The molecule has 1 rings (SSSR count). The second kappa shape index (κ2) is 6.42. The van der Waals surface area contributed by atoms with Gasteiger partial charge in [0.2, 0.25) is 0 Å². The van der Waals surface area contributed by atoms with Gasteiger partial charge in [0.1, 0.15) is 11.9 Å². The molecule has 0 saturated carbocycles. The zero-order valence-corrected chi connectivity index (χ0v) is 13.2. The van der Waals surface area contributed by atoms with E-state index in [0.29, 0.717) is 12.2 Å². The van der Waals surface area contributed by atoms with Gasteiger partial charge in [0.25, 0.3) is 0 Å². The number of allylic oxidation sites excluding steroid dienone is 1. The first kappa shape index (κ1) is 16.7. The van der Waals surface area contributed by atoms with Crippen LogP contribution in [-0.4, -0.2) is 25.2 Å². The van der Waals surface area contributed by atoms with Crippen LogP contribution in [0.1, 0.15) is 53.4 Å². The summed E-state index contributed by atoms with van der Waals surface area (Å²) in [5.41, 5.74) is -0.658. The molecule has 0 N–H and O–H groups in total. The van der Waals surface area contributed by atoms with E-state index < -0.39 is 6.16 Å². The lowest BCUT2D eigenvalue weighted by Crippen LogP contribution is -2.37. The SMILES string of the molecule is COC(=O)O[C@@H]1/C=C/C[C@](C)(C(=O)C(C)(C)C)CCC1. The minimum Gasteiger partial charge on any atom is -0.438 e. The fourth-order valence-corrected chi connectivity index (χ4v) is 2.75. The highest BCUT2D eigenvalue weighted by molar-refractivity contribution is 5.89. The van der Waals surface area contributed by atoms with Gasteiger partial charge < -0.3 is 9.47 Å². The standard InChI is InChI=1S/C16H26O4/c1-15(2,3)13(17)16(4)10-6-8-12(9-7-11-16)20-14(18)19-5/h6,8,12H,7,9-11H2,1-5H3/b8-6+/t12-,16+/m1/s1. The molecule has 4 heteroatoms. The zero-order chi connectivity index (χ0) is 15.4. The van der Waals surface area contributed by atoms with E-state index in [9.17, 15) is 9.59 Å². The normalized spacial score (nSPS) is 28.9. The van der Waals surface area contributed by atoms with Gasteiger partial charge in [-0.25, -0.2) is 4.79 Å². The van der Waals surface area contributed by atoms with Gasteiger partial charge in [-0.3, -0.25) is 4.79 Å². The number of carbonyl (C=O) groups is 2. The monoisotopic (exact) mass is 282 g/mol. The second-order valence-corrected chi connectivity index (χ2v) is 6.77.